The number of hydrogen-bond acceptors (Lipinski definition) is 7. The number of nitrogen functional groups attached to an aromatic ring is 1. The number of amides is 1. The molecule has 0 saturated carbocycles. The highest BCUT2D eigenvalue weighted by Gasteiger charge is 2.49. The van der Waals surface area contributed by atoms with E-state index in [1.807, 2.05) is 0 Å². The van der Waals surface area contributed by atoms with E-state index < -0.39 is 23.3 Å². The van der Waals surface area contributed by atoms with Crippen molar-refractivity contribution in [3.63, 3.8) is 0 Å². The fraction of sp³-hybridized carbons (Fsp3) is 0.559. The Morgan fingerprint density at radius 3 is 2.76 bits per heavy atom. The van der Waals surface area contributed by atoms with Crippen molar-refractivity contribution in [2.24, 2.45) is 5.92 Å². The van der Waals surface area contributed by atoms with E-state index in [2.05, 4.69) is 20.1 Å². The number of alkyl halides is 1. The van der Waals surface area contributed by atoms with Gasteiger partial charge in [0.2, 0.25) is 5.91 Å². The Morgan fingerprint density at radius 1 is 1.04 bits per heavy atom. The van der Waals surface area contributed by atoms with Gasteiger partial charge in [-0.05, 0) is 87.1 Å². The van der Waals surface area contributed by atoms with Gasteiger partial charge >= 0.3 is 6.01 Å². The van der Waals surface area contributed by atoms with E-state index >= 15 is 4.39 Å². The molecule has 3 N–H and O–H groups in total. The average molecular weight is 657 g/mol. The van der Waals surface area contributed by atoms with Gasteiger partial charge in [-0.3, -0.25) is 9.69 Å². The number of halogens is 4. The van der Waals surface area contributed by atoms with Crippen LogP contribution in [-0.2, 0) is 11.2 Å². The number of aromatic nitrogens is 2. The third kappa shape index (κ3) is 5.85. The molecule has 46 heavy (non-hydrogen) atoms. The van der Waals surface area contributed by atoms with E-state index in [1.165, 1.54) is 6.07 Å². The number of carbonyl (C=O) groups excluding carboxylic acids is 1. The van der Waals surface area contributed by atoms with Crippen LogP contribution in [0.5, 0.6) is 6.01 Å². The molecule has 6 heterocycles. The highest BCUT2D eigenvalue weighted by atomic mass is 35.5. The summed E-state index contributed by atoms with van der Waals surface area (Å²) in [6, 6.07) is 4.93. The molecule has 5 aliphatic rings. The summed E-state index contributed by atoms with van der Waals surface area (Å²) in [7, 11) is 0. The minimum Gasteiger partial charge on any atom is -0.461 e. The summed E-state index contributed by atoms with van der Waals surface area (Å²) >= 11 is 6.49. The summed E-state index contributed by atoms with van der Waals surface area (Å²) in [5, 5.41) is 3.44. The van der Waals surface area contributed by atoms with E-state index in [0.29, 0.717) is 80.0 Å². The Morgan fingerprint density at radius 2 is 1.89 bits per heavy atom. The van der Waals surface area contributed by atoms with Gasteiger partial charge in [0.1, 0.15) is 24.1 Å². The fourth-order valence-electron chi connectivity index (χ4n) is 8.04. The number of nitrogens with one attached hydrogen (secondary N) is 1. The molecule has 5 aliphatic heterocycles. The van der Waals surface area contributed by atoms with Crippen LogP contribution >= 0.6 is 11.6 Å². The zero-order valence-corrected chi connectivity index (χ0v) is 26.7. The summed E-state index contributed by atoms with van der Waals surface area (Å²) in [5.41, 5.74) is 6.50. The molecule has 2 aromatic carbocycles. The van der Waals surface area contributed by atoms with Crippen LogP contribution in [0.2, 0.25) is 5.02 Å². The van der Waals surface area contributed by atoms with Crippen molar-refractivity contribution in [1.82, 2.24) is 20.2 Å². The minimum atomic E-state index is -0.906. The predicted octanol–water partition coefficient (Wildman–Crippen LogP) is 6.21. The Balaban J connectivity index is 1.34. The summed E-state index contributed by atoms with van der Waals surface area (Å²) in [4.78, 5) is 26.3. The summed E-state index contributed by atoms with van der Waals surface area (Å²) in [5.74, 6) is -0.472. The van der Waals surface area contributed by atoms with Gasteiger partial charge in [-0.25, -0.2) is 13.2 Å². The first-order chi connectivity index (χ1) is 22.2. The lowest BCUT2D eigenvalue weighted by Crippen LogP contribution is -2.43. The van der Waals surface area contributed by atoms with Gasteiger partial charge in [0, 0.05) is 50.0 Å². The number of hydrogen-bond donors (Lipinski definition) is 2. The number of nitrogens with two attached hydrogens (primary N) is 1. The SMILES string of the molecule is Nc1cc2c(c(Cl)c1F)CCCCC(=O)NCCC1CCCN(C1)c1nc(OC[C@@]34CCCN3CC(F)C4)nc3c(F)c-2ccc13. The second-order valence-corrected chi connectivity index (χ2v) is 13.8. The number of carbonyl (C=O) groups is 1. The molecule has 1 aromatic heterocycles. The molecule has 2 unspecified atom stereocenters. The first-order valence-electron chi connectivity index (χ1n) is 16.5. The van der Waals surface area contributed by atoms with Crippen molar-refractivity contribution in [1.29, 1.82) is 0 Å². The Kier molecular flexibility index (Phi) is 8.65. The van der Waals surface area contributed by atoms with Gasteiger partial charge < -0.3 is 20.7 Å². The average Bonchev–Trinajstić information content (AvgIpc) is 3.57. The number of ether oxygens (including phenoxy) is 1. The van der Waals surface area contributed by atoms with Crippen LogP contribution in [0.25, 0.3) is 22.0 Å². The van der Waals surface area contributed by atoms with Crippen LogP contribution in [0.1, 0.15) is 63.4 Å². The van der Waals surface area contributed by atoms with Gasteiger partial charge in [0.25, 0.3) is 0 Å². The second kappa shape index (κ2) is 12.7. The normalized spacial score (nSPS) is 25.7. The number of benzene rings is 2. The first-order valence-corrected chi connectivity index (χ1v) is 16.9. The molecule has 12 heteroatoms. The lowest BCUT2D eigenvalue weighted by Gasteiger charge is -2.35. The summed E-state index contributed by atoms with van der Waals surface area (Å²) in [6.07, 6.45) is 5.86. The van der Waals surface area contributed by atoms with Crippen molar-refractivity contribution in [2.75, 3.05) is 50.0 Å². The molecule has 8 rings (SSSR count). The van der Waals surface area contributed by atoms with Crippen LogP contribution in [-0.4, -0.2) is 71.8 Å². The van der Waals surface area contributed by atoms with Gasteiger partial charge in [0.05, 0.1) is 16.2 Å². The Bertz CT molecular complexity index is 1660. The van der Waals surface area contributed by atoms with E-state index in [0.717, 1.165) is 45.2 Å². The molecule has 8 nitrogen and oxygen atoms in total. The molecule has 0 aliphatic carbocycles. The van der Waals surface area contributed by atoms with Crippen molar-refractivity contribution < 1.29 is 22.7 Å². The summed E-state index contributed by atoms with van der Waals surface area (Å²) < 4.78 is 52.5. The first kappa shape index (κ1) is 31.3. The highest BCUT2D eigenvalue weighted by Crippen LogP contribution is 2.42. The molecular formula is C34H40ClF3N6O2. The molecule has 0 spiro atoms. The molecule has 3 saturated heterocycles. The van der Waals surface area contributed by atoms with E-state index in [4.69, 9.17) is 27.1 Å². The highest BCUT2D eigenvalue weighted by molar-refractivity contribution is 6.32. The number of rotatable bonds is 3. The molecule has 0 radical (unpaired) electrons. The molecule has 3 atom stereocenters. The largest absolute Gasteiger partial charge is 0.461 e. The smallest absolute Gasteiger partial charge is 0.319 e. The number of fused-ring (bicyclic) bond motifs is 9. The maximum atomic E-state index is 16.8. The van der Waals surface area contributed by atoms with Crippen molar-refractivity contribution in [2.45, 2.75) is 75.9 Å². The molecule has 6 bridgehead atoms. The van der Waals surface area contributed by atoms with Crippen LogP contribution in [0, 0.1) is 17.6 Å². The van der Waals surface area contributed by atoms with E-state index in [1.54, 1.807) is 12.1 Å². The van der Waals surface area contributed by atoms with Crippen LogP contribution < -0.4 is 20.7 Å². The minimum absolute atomic E-state index is 0.0228. The second-order valence-electron chi connectivity index (χ2n) is 13.4. The van der Waals surface area contributed by atoms with E-state index in [-0.39, 0.29) is 40.3 Å². The van der Waals surface area contributed by atoms with Crippen molar-refractivity contribution in [3.05, 3.63) is 40.4 Å². The number of anilines is 2. The van der Waals surface area contributed by atoms with E-state index in [9.17, 15) is 13.6 Å². The van der Waals surface area contributed by atoms with Crippen LogP contribution in [0.4, 0.5) is 24.7 Å². The Labute approximate surface area is 271 Å². The number of piperidine rings is 1. The zero-order valence-electron chi connectivity index (χ0n) is 25.9. The van der Waals surface area contributed by atoms with Gasteiger partial charge in [-0.1, -0.05) is 17.7 Å². The van der Waals surface area contributed by atoms with Gasteiger partial charge in [-0.15, -0.1) is 0 Å². The maximum Gasteiger partial charge on any atom is 0.319 e. The number of nitrogens with zero attached hydrogens (tertiary/aromatic N) is 4. The van der Waals surface area contributed by atoms with Gasteiger partial charge in [-0.2, -0.15) is 9.97 Å². The topological polar surface area (TPSA) is 96.6 Å². The molecular weight excluding hydrogens is 617 g/mol. The van der Waals surface area contributed by atoms with Crippen molar-refractivity contribution in [3.8, 4) is 17.1 Å². The van der Waals surface area contributed by atoms with Gasteiger partial charge in [0.15, 0.2) is 11.6 Å². The Hall–Kier alpha value is -3.31. The lowest BCUT2D eigenvalue weighted by atomic mass is 9.92. The monoisotopic (exact) mass is 656 g/mol. The standard InChI is InChI=1S/C34H40ClF3N6O2/c35-28-22-6-1-2-7-27(45)40-12-10-20-5-3-13-43(17-20)32-24-9-8-23(25(22)15-26(39)30(28)38)29(37)31(24)41-33(42-32)46-19-34-11-4-14-44(34)18-21(36)16-34/h8-9,15,20-21H,1-7,10-14,16-19,39H2,(H,40,45)/t20?,21?,34-/m0/s1. The maximum absolute atomic E-state index is 16.8. The van der Waals surface area contributed by atoms with Crippen LogP contribution in [0.15, 0.2) is 18.2 Å². The third-order valence-corrected chi connectivity index (χ3v) is 10.8. The molecule has 1 amide bonds. The van der Waals surface area contributed by atoms with Crippen LogP contribution in [0.3, 0.4) is 0 Å². The molecule has 3 fully saturated rings. The molecule has 246 valence electrons. The summed E-state index contributed by atoms with van der Waals surface area (Å²) in [6.45, 7) is 3.44. The third-order valence-electron chi connectivity index (χ3n) is 10.4. The quantitative estimate of drug-likeness (QED) is 0.324. The molecule has 3 aromatic rings. The predicted molar refractivity (Wildman–Crippen MR) is 173 cm³/mol. The fourth-order valence-corrected chi connectivity index (χ4v) is 8.35. The lowest BCUT2D eigenvalue weighted by molar-refractivity contribution is -0.121. The van der Waals surface area contributed by atoms with Crippen molar-refractivity contribution >= 4 is 39.9 Å². The zero-order chi connectivity index (χ0) is 32.0.